The Morgan fingerprint density at radius 1 is 1.00 bits per heavy atom. The van der Waals surface area contributed by atoms with Crippen LogP contribution in [0.15, 0.2) is 36.7 Å². The molecule has 33 heavy (non-hydrogen) atoms. The van der Waals surface area contributed by atoms with Gasteiger partial charge in [-0.2, -0.15) is 22.8 Å². The SMILES string of the molecule is NS(=O)(=O)N1CCN(Cc2ccc(Nc3ncc4cnn(C5CCCCC5)c4n3)cc2)CC1. The average Bonchev–Trinajstić information content (AvgIpc) is 3.24. The highest BCUT2D eigenvalue weighted by atomic mass is 32.2. The van der Waals surface area contributed by atoms with Gasteiger partial charge in [0.15, 0.2) is 5.65 Å². The molecular weight excluding hydrogens is 440 g/mol. The van der Waals surface area contributed by atoms with E-state index in [1.807, 2.05) is 24.5 Å². The van der Waals surface area contributed by atoms with Crippen molar-refractivity contribution in [2.75, 3.05) is 31.5 Å². The number of nitrogens with one attached hydrogen (secondary N) is 1. The van der Waals surface area contributed by atoms with E-state index in [0.29, 0.717) is 38.2 Å². The molecule has 2 aromatic heterocycles. The summed E-state index contributed by atoms with van der Waals surface area (Å²) >= 11 is 0. The first-order chi connectivity index (χ1) is 16.0. The van der Waals surface area contributed by atoms with Gasteiger partial charge in [-0.25, -0.2) is 14.8 Å². The summed E-state index contributed by atoms with van der Waals surface area (Å²) in [6, 6.07) is 8.59. The molecule has 11 heteroatoms. The highest BCUT2D eigenvalue weighted by molar-refractivity contribution is 7.86. The van der Waals surface area contributed by atoms with Gasteiger partial charge in [0.1, 0.15) is 0 Å². The lowest BCUT2D eigenvalue weighted by Gasteiger charge is -2.32. The van der Waals surface area contributed by atoms with Crippen molar-refractivity contribution in [1.82, 2.24) is 29.0 Å². The van der Waals surface area contributed by atoms with Crippen molar-refractivity contribution < 1.29 is 8.42 Å². The molecule has 10 nitrogen and oxygen atoms in total. The van der Waals surface area contributed by atoms with Crippen LogP contribution in [0.3, 0.4) is 0 Å². The van der Waals surface area contributed by atoms with Crippen LogP contribution in [-0.4, -0.2) is 63.6 Å². The molecule has 0 atom stereocenters. The van der Waals surface area contributed by atoms with Crippen LogP contribution in [-0.2, 0) is 16.8 Å². The van der Waals surface area contributed by atoms with Gasteiger partial charge in [0.05, 0.1) is 17.6 Å². The minimum absolute atomic E-state index is 0.421. The van der Waals surface area contributed by atoms with Crippen molar-refractivity contribution in [3.8, 4) is 0 Å². The van der Waals surface area contributed by atoms with E-state index >= 15 is 0 Å². The van der Waals surface area contributed by atoms with Crippen LogP contribution in [0.2, 0.25) is 0 Å². The summed E-state index contributed by atoms with van der Waals surface area (Å²) in [5, 5.41) is 14.1. The molecule has 1 saturated heterocycles. The highest BCUT2D eigenvalue weighted by Crippen LogP contribution is 2.30. The van der Waals surface area contributed by atoms with E-state index in [4.69, 9.17) is 10.1 Å². The zero-order valence-corrected chi connectivity index (χ0v) is 19.4. The van der Waals surface area contributed by atoms with Gasteiger partial charge in [0.25, 0.3) is 10.2 Å². The lowest BCUT2D eigenvalue weighted by Crippen LogP contribution is -2.50. The second-order valence-corrected chi connectivity index (χ2v) is 10.4. The molecule has 0 unspecified atom stereocenters. The fraction of sp³-hybridized carbons (Fsp3) is 0.500. The van der Waals surface area contributed by atoms with Gasteiger partial charge >= 0.3 is 0 Å². The summed E-state index contributed by atoms with van der Waals surface area (Å²) in [5.74, 6) is 0.562. The van der Waals surface area contributed by atoms with Crippen LogP contribution in [0, 0.1) is 0 Å². The fourth-order valence-corrected chi connectivity index (χ4v) is 5.38. The predicted molar refractivity (Wildman–Crippen MR) is 127 cm³/mol. The van der Waals surface area contributed by atoms with E-state index in [1.54, 1.807) is 0 Å². The topological polar surface area (TPSA) is 122 Å². The summed E-state index contributed by atoms with van der Waals surface area (Å²) in [4.78, 5) is 11.4. The third kappa shape index (κ3) is 5.16. The number of nitrogens with zero attached hydrogens (tertiary/aromatic N) is 6. The van der Waals surface area contributed by atoms with Crippen molar-refractivity contribution >= 4 is 32.9 Å². The lowest BCUT2D eigenvalue weighted by molar-refractivity contribution is 0.181. The normalized spacial score (nSPS) is 19.2. The van der Waals surface area contributed by atoms with Crippen LogP contribution in [0.25, 0.3) is 11.0 Å². The monoisotopic (exact) mass is 470 g/mol. The number of hydrogen-bond donors (Lipinski definition) is 2. The summed E-state index contributed by atoms with van der Waals surface area (Å²) in [6.45, 7) is 2.95. The lowest BCUT2D eigenvalue weighted by atomic mass is 9.96. The van der Waals surface area contributed by atoms with Gasteiger partial charge in [0.2, 0.25) is 5.95 Å². The number of piperazine rings is 1. The van der Waals surface area contributed by atoms with Gasteiger partial charge in [0, 0.05) is 44.6 Å². The molecule has 2 fully saturated rings. The van der Waals surface area contributed by atoms with Crippen molar-refractivity contribution in [3.63, 3.8) is 0 Å². The molecule has 176 valence electrons. The van der Waals surface area contributed by atoms with Crippen LogP contribution in [0.5, 0.6) is 0 Å². The molecule has 2 aliphatic rings. The number of aromatic nitrogens is 4. The number of rotatable bonds is 6. The maximum atomic E-state index is 11.5. The maximum absolute atomic E-state index is 11.5. The largest absolute Gasteiger partial charge is 0.324 e. The molecule has 0 radical (unpaired) electrons. The molecule has 1 aromatic carbocycles. The van der Waals surface area contributed by atoms with Gasteiger partial charge in [-0.1, -0.05) is 31.4 Å². The first-order valence-electron chi connectivity index (χ1n) is 11.5. The summed E-state index contributed by atoms with van der Waals surface area (Å²) in [7, 11) is -3.60. The molecule has 3 heterocycles. The quantitative estimate of drug-likeness (QED) is 0.567. The van der Waals surface area contributed by atoms with E-state index in [-0.39, 0.29) is 0 Å². The first-order valence-corrected chi connectivity index (χ1v) is 13.0. The third-order valence-electron chi connectivity index (χ3n) is 6.56. The summed E-state index contributed by atoms with van der Waals surface area (Å²) in [5.41, 5.74) is 2.96. The Morgan fingerprint density at radius 2 is 1.73 bits per heavy atom. The molecular formula is C22H30N8O2S. The van der Waals surface area contributed by atoms with E-state index in [2.05, 4.69) is 37.1 Å². The molecule has 1 aliphatic heterocycles. The van der Waals surface area contributed by atoms with Crippen LogP contribution in [0.4, 0.5) is 11.6 Å². The van der Waals surface area contributed by atoms with Crippen LogP contribution >= 0.6 is 0 Å². The fourth-order valence-electron chi connectivity index (χ4n) is 4.71. The molecule has 1 aliphatic carbocycles. The number of hydrogen-bond acceptors (Lipinski definition) is 7. The minimum Gasteiger partial charge on any atom is -0.324 e. The Labute approximate surface area is 194 Å². The first kappa shape index (κ1) is 22.2. The number of anilines is 2. The van der Waals surface area contributed by atoms with Gasteiger partial charge in [-0.15, -0.1) is 0 Å². The molecule has 3 N–H and O–H groups in total. The standard InChI is InChI=1S/C22H30N8O2S/c23-33(31,32)29-12-10-28(11-13-29)16-17-6-8-19(9-7-17)26-22-24-14-18-15-25-30(21(18)27-22)20-4-2-1-3-5-20/h6-9,14-15,20H,1-5,10-13,16H2,(H2,23,31,32)(H,24,26,27). The number of nitrogens with two attached hydrogens (primary N) is 1. The Kier molecular flexibility index (Phi) is 6.28. The zero-order chi connectivity index (χ0) is 22.8. The van der Waals surface area contributed by atoms with Crippen LogP contribution < -0.4 is 10.5 Å². The van der Waals surface area contributed by atoms with Crippen LogP contribution in [0.1, 0.15) is 43.7 Å². The molecule has 3 aromatic rings. The Balaban J connectivity index is 1.22. The molecule has 1 saturated carbocycles. The third-order valence-corrected chi connectivity index (χ3v) is 7.65. The molecule has 5 rings (SSSR count). The van der Waals surface area contributed by atoms with Gasteiger partial charge < -0.3 is 5.32 Å². The number of fused-ring (bicyclic) bond motifs is 1. The van der Waals surface area contributed by atoms with Crippen molar-refractivity contribution in [2.45, 2.75) is 44.7 Å². The molecule has 0 spiro atoms. The summed E-state index contributed by atoms with van der Waals surface area (Å²) < 4.78 is 26.3. The molecule has 0 amide bonds. The highest BCUT2D eigenvalue weighted by Gasteiger charge is 2.24. The van der Waals surface area contributed by atoms with Gasteiger partial charge in [-0.05, 0) is 30.5 Å². The van der Waals surface area contributed by atoms with Crippen molar-refractivity contribution in [2.24, 2.45) is 5.14 Å². The predicted octanol–water partition coefficient (Wildman–Crippen LogP) is 2.40. The Morgan fingerprint density at radius 3 is 2.42 bits per heavy atom. The maximum Gasteiger partial charge on any atom is 0.276 e. The van der Waals surface area contributed by atoms with E-state index in [1.165, 1.54) is 23.6 Å². The van der Waals surface area contributed by atoms with E-state index in [9.17, 15) is 8.42 Å². The zero-order valence-electron chi connectivity index (χ0n) is 18.6. The minimum atomic E-state index is -3.60. The Bertz CT molecular complexity index is 1200. The van der Waals surface area contributed by atoms with Crippen molar-refractivity contribution in [1.29, 1.82) is 0 Å². The van der Waals surface area contributed by atoms with E-state index in [0.717, 1.165) is 41.7 Å². The molecule has 0 bridgehead atoms. The van der Waals surface area contributed by atoms with Gasteiger partial charge in [-0.3, -0.25) is 4.90 Å². The second kappa shape index (κ2) is 9.34. The summed E-state index contributed by atoms with van der Waals surface area (Å²) in [6.07, 6.45) is 9.79. The van der Waals surface area contributed by atoms with Crippen molar-refractivity contribution in [3.05, 3.63) is 42.2 Å². The Hall–Kier alpha value is -2.60. The average molecular weight is 471 g/mol. The van der Waals surface area contributed by atoms with E-state index < -0.39 is 10.2 Å². The number of benzene rings is 1. The smallest absolute Gasteiger partial charge is 0.276 e. The second-order valence-electron chi connectivity index (χ2n) is 8.90.